The first-order valence-corrected chi connectivity index (χ1v) is 11.5. The summed E-state index contributed by atoms with van der Waals surface area (Å²) in [4.78, 5) is 22.0. The van der Waals surface area contributed by atoms with Gasteiger partial charge in [-0.2, -0.15) is 0 Å². The first-order valence-electron chi connectivity index (χ1n) is 11.1. The summed E-state index contributed by atoms with van der Waals surface area (Å²) in [5.74, 6) is 0.707. The van der Waals surface area contributed by atoms with Crippen molar-refractivity contribution in [2.24, 2.45) is 7.05 Å². The van der Waals surface area contributed by atoms with Crippen LogP contribution in [0.3, 0.4) is 0 Å². The highest BCUT2D eigenvalue weighted by atomic mass is 35.5. The van der Waals surface area contributed by atoms with Crippen LogP contribution in [0.2, 0.25) is 5.02 Å². The van der Waals surface area contributed by atoms with Crippen molar-refractivity contribution in [1.82, 2.24) is 14.5 Å². The van der Waals surface area contributed by atoms with Gasteiger partial charge in [0.15, 0.2) is 0 Å². The molecule has 2 N–H and O–H groups in total. The van der Waals surface area contributed by atoms with Gasteiger partial charge in [0.25, 0.3) is 5.91 Å². The Bertz CT molecular complexity index is 1640. The monoisotopic (exact) mass is 477 g/mol. The molecule has 35 heavy (non-hydrogen) atoms. The largest absolute Gasteiger partial charge is 0.354 e. The molecular formula is C28H20ClN5O. The van der Waals surface area contributed by atoms with E-state index < -0.39 is 0 Å². The predicted molar refractivity (Wildman–Crippen MR) is 141 cm³/mol. The maximum absolute atomic E-state index is 13.2. The van der Waals surface area contributed by atoms with Crippen molar-refractivity contribution in [1.29, 1.82) is 0 Å². The number of hydrogen-bond acceptors (Lipinski definition) is 4. The number of carbonyl (C=O) groups excluding carboxylic acids is 1. The summed E-state index contributed by atoms with van der Waals surface area (Å²) in [6.45, 7) is 0. The lowest BCUT2D eigenvalue weighted by atomic mass is 9.99. The van der Waals surface area contributed by atoms with Gasteiger partial charge >= 0.3 is 0 Å². The van der Waals surface area contributed by atoms with Crippen LogP contribution in [0.4, 0.5) is 11.4 Å². The number of benzene rings is 3. The van der Waals surface area contributed by atoms with Crippen LogP contribution in [0.15, 0.2) is 91.4 Å². The van der Waals surface area contributed by atoms with Crippen molar-refractivity contribution in [3.8, 4) is 11.4 Å². The maximum Gasteiger partial charge on any atom is 0.258 e. The summed E-state index contributed by atoms with van der Waals surface area (Å²) in [6, 6.07) is 23.3. The number of nitrogens with zero attached hydrogens (tertiary/aromatic N) is 3. The molecule has 7 heteroatoms. The Morgan fingerprint density at radius 2 is 1.83 bits per heavy atom. The number of aromatic nitrogens is 3. The molecule has 1 aliphatic rings. The lowest BCUT2D eigenvalue weighted by Gasteiger charge is -2.16. The number of anilines is 2. The molecule has 3 aromatic carbocycles. The van der Waals surface area contributed by atoms with E-state index in [0.29, 0.717) is 22.0 Å². The molecule has 2 aromatic heterocycles. The van der Waals surface area contributed by atoms with Crippen molar-refractivity contribution in [3.63, 3.8) is 0 Å². The average Bonchev–Trinajstić information content (AvgIpc) is 3.44. The summed E-state index contributed by atoms with van der Waals surface area (Å²) in [5, 5.41) is 8.03. The zero-order valence-electron chi connectivity index (χ0n) is 18.8. The molecular weight excluding hydrogens is 458 g/mol. The van der Waals surface area contributed by atoms with Gasteiger partial charge in [0.2, 0.25) is 0 Å². The molecule has 0 radical (unpaired) electrons. The number of amides is 1. The number of nitrogens with one attached hydrogen (secondary N) is 2. The molecule has 1 aliphatic heterocycles. The van der Waals surface area contributed by atoms with Crippen molar-refractivity contribution in [3.05, 3.63) is 108 Å². The van der Waals surface area contributed by atoms with Gasteiger partial charge in [0, 0.05) is 52.9 Å². The predicted octanol–water partition coefficient (Wildman–Crippen LogP) is 6.22. The number of pyridine rings is 1. The fraction of sp³-hybridized carbons (Fsp3) is 0.0357. The topological polar surface area (TPSA) is 71.8 Å². The average molecular weight is 478 g/mol. The van der Waals surface area contributed by atoms with Crippen molar-refractivity contribution in [2.45, 2.75) is 0 Å². The Kier molecular flexibility index (Phi) is 5.08. The number of aryl methyl sites for hydroxylation is 1. The molecule has 6 rings (SSSR count). The molecule has 3 heterocycles. The molecule has 0 fully saturated rings. The third kappa shape index (κ3) is 3.84. The van der Waals surface area contributed by atoms with E-state index in [-0.39, 0.29) is 5.91 Å². The molecule has 1 amide bonds. The second-order valence-electron chi connectivity index (χ2n) is 8.37. The lowest BCUT2D eigenvalue weighted by molar-refractivity contribution is -0.110. The molecule has 0 saturated heterocycles. The third-order valence-electron chi connectivity index (χ3n) is 6.10. The van der Waals surface area contributed by atoms with Gasteiger partial charge in [-0.05, 0) is 60.2 Å². The summed E-state index contributed by atoms with van der Waals surface area (Å²) in [6.07, 6.45) is 5.47. The SMILES string of the molecule is Cn1ccnc1-c1ccc(N/C(=C2\C(=O)Nc3cc(Cl)ccc32)c2ccc3ncccc3c2)cc1. The summed E-state index contributed by atoms with van der Waals surface area (Å²) >= 11 is 6.18. The van der Waals surface area contributed by atoms with Crippen LogP contribution in [-0.4, -0.2) is 20.4 Å². The van der Waals surface area contributed by atoms with Crippen LogP contribution in [-0.2, 0) is 11.8 Å². The number of rotatable bonds is 4. The quantitative estimate of drug-likeness (QED) is 0.301. The van der Waals surface area contributed by atoms with E-state index in [1.54, 1.807) is 24.5 Å². The molecule has 6 nitrogen and oxygen atoms in total. The van der Waals surface area contributed by atoms with E-state index in [2.05, 4.69) is 20.6 Å². The molecule has 0 aliphatic carbocycles. The Hall–Kier alpha value is -4.42. The smallest absolute Gasteiger partial charge is 0.258 e. The molecule has 0 bridgehead atoms. The Labute approximate surface area is 206 Å². The highest BCUT2D eigenvalue weighted by molar-refractivity contribution is 6.38. The van der Waals surface area contributed by atoms with Crippen LogP contribution < -0.4 is 10.6 Å². The number of imidazole rings is 1. The number of carbonyl (C=O) groups is 1. The van der Waals surface area contributed by atoms with Crippen molar-refractivity contribution >= 4 is 51.1 Å². The highest BCUT2D eigenvalue weighted by Gasteiger charge is 2.28. The van der Waals surface area contributed by atoms with Gasteiger partial charge in [0.05, 0.1) is 22.5 Å². The Morgan fingerprint density at radius 1 is 0.971 bits per heavy atom. The zero-order chi connectivity index (χ0) is 23.9. The Balaban J connectivity index is 1.48. The van der Waals surface area contributed by atoms with Gasteiger partial charge in [-0.3, -0.25) is 9.78 Å². The van der Waals surface area contributed by atoms with Crippen LogP contribution in [0.1, 0.15) is 11.1 Å². The van der Waals surface area contributed by atoms with E-state index in [1.165, 1.54) is 0 Å². The minimum atomic E-state index is -0.180. The first-order chi connectivity index (χ1) is 17.1. The minimum Gasteiger partial charge on any atom is -0.354 e. The van der Waals surface area contributed by atoms with Crippen LogP contribution in [0.25, 0.3) is 33.6 Å². The van der Waals surface area contributed by atoms with Gasteiger partial charge in [-0.1, -0.05) is 29.8 Å². The van der Waals surface area contributed by atoms with E-state index >= 15 is 0 Å². The van der Waals surface area contributed by atoms with Crippen LogP contribution >= 0.6 is 11.6 Å². The van der Waals surface area contributed by atoms with Gasteiger partial charge < -0.3 is 15.2 Å². The molecule has 0 saturated carbocycles. The number of fused-ring (bicyclic) bond motifs is 2. The molecule has 5 aromatic rings. The highest BCUT2D eigenvalue weighted by Crippen LogP contribution is 2.39. The fourth-order valence-electron chi connectivity index (χ4n) is 4.39. The Morgan fingerprint density at radius 3 is 2.63 bits per heavy atom. The number of halogens is 1. The lowest BCUT2D eigenvalue weighted by Crippen LogP contribution is -2.10. The normalized spacial score (nSPS) is 14.1. The van der Waals surface area contributed by atoms with Crippen LogP contribution in [0, 0.1) is 0 Å². The van der Waals surface area contributed by atoms with Gasteiger partial charge in [0.1, 0.15) is 5.82 Å². The van der Waals surface area contributed by atoms with Crippen LogP contribution in [0.5, 0.6) is 0 Å². The second kappa shape index (κ2) is 8.42. The summed E-state index contributed by atoms with van der Waals surface area (Å²) in [7, 11) is 1.97. The number of hydrogen-bond donors (Lipinski definition) is 2. The third-order valence-corrected chi connectivity index (χ3v) is 6.34. The van der Waals surface area contributed by atoms with E-state index in [4.69, 9.17) is 11.6 Å². The maximum atomic E-state index is 13.2. The van der Waals surface area contributed by atoms with Crippen molar-refractivity contribution < 1.29 is 4.79 Å². The molecule has 0 unspecified atom stereocenters. The van der Waals surface area contributed by atoms with E-state index in [0.717, 1.165) is 39.1 Å². The van der Waals surface area contributed by atoms with Crippen molar-refractivity contribution in [2.75, 3.05) is 10.6 Å². The molecule has 170 valence electrons. The second-order valence-corrected chi connectivity index (χ2v) is 8.81. The van der Waals surface area contributed by atoms with Gasteiger partial charge in [-0.15, -0.1) is 0 Å². The van der Waals surface area contributed by atoms with Gasteiger partial charge in [-0.25, -0.2) is 4.98 Å². The fourth-order valence-corrected chi connectivity index (χ4v) is 4.57. The zero-order valence-corrected chi connectivity index (χ0v) is 19.5. The summed E-state index contributed by atoms with van der Waals surface area (Å²) in [5.41, 5.74) is 6.41. The van der Waals surface area contributed by atoms with E-state index in [9.17, 15) is 4.79 Å². The minimum absolute atomic E-state index is 0.180. The molecule has 0 atom stereocenters. The summed E-state index contributed by atoms with van der Waals surface area (Å²) < 4.78 is 1.98. The first kappa shape index (κ1) is 21.1. The van der Waals surface area contributed by atoms with E-state index in [1.807, 2.05) is 78.5 Å². The molecule has 0 spiro atoms. The standard InChI is InChI=1S/C28H20ClN5O/c1-34-14-13-31-27(34)17-4-8-21(9-5-17)32-26(19-6-11-23-18(15-19)3-2-12-30-23)25-22-10-7-20(29)16-24(22)33-28(25)35/h2-16,32H,1H3,(H,33,35)/b26-25-.